The number of rotatable bonds is 4. The molecular formula is C51H34N2O. The third kappa shape index (κ3) is 4.55. The highest BCUT2D eigenvalue weighted by molar-refractivity contribution is 6.12. The molecular weight excluding hydrogens is 657 g/mol. The molecule has 1 aliphatic carbocycles. The van der Waals surface area contributed by atoms with Gasteiger partial charge in [-0.15, -0.1) is 0 Å². The lowest BCUT2D eigenvalue weighted by Crippen LogP contribution is -2.16. The molecule has 54 heavy (non-hydrogen) atoms. The Kier molecular flexibility index (Phi) is 6.60. The maximum absolute atomic E-state index is 6.30. The van der Waals surface area contributed by atoms with Crippen LogP contribution in [0.4, 0.5) is 0 Å². The summed E-state index contributed by atoms with van der Waals surface area (Å²) in [6.45, 7) is 4.76. The van der Waals surface area contributed by atoms with Gasteiger partial charge in [0.25, 0.3) is 0 Å². The molecule has 0 fully saturated rings. The van der Waals surface area contributed by atoms with E-state index in [1.165, 1.54) is 49.5 Å². The zero-order valence-corrected chi connectivity index (χ0v) is 30.0. The zero-order valence-electron chi connectivity index (χ0n) is 30.0. The Balaban J connectivity index is 1.13. The summed E-state index contributed by atoms with van der Waals surface area (Å²) in [7, 11) is 0. The Bertz CT molecular complexity index is 3130. The van der Waals surface area contributed by atoms with E-state index in [4.69, 9.17) is 14.4 Å². The molecule has 0 unspecified atom stereocenters. The predicted octanol–water partition coefficient (Wildman–Crippen LogP) is 13.7. The van der Waals surface area contributed by atoms with Crippen LogP contribution in [-0.4, -0.2) is 9.97 Å². The monoisotopic (exact) mass is 690 g/mol. The smallest absolute Gasteiger partial charge is 0.160 e. The van der Waals surface area contributed by atoms with Crippen molar-refractivity contribution in [1.29, 1.82) is 0 Å². The van der Waals surface area contributed by atoms with Gasteiger partial charge in [-0.3, -0.25) is 0 Å². The van der Waals surface area contributed by atoms with Crippen molar-refractivity contribution in [3.63, 3.8) is 0 Å². The van der Waals surface area contributed by atoms with Crippen molar-refractivity contribution < 1.29 is 4.42 Å². The first-order valence-electron chi connectivity index (χ1n) is 18.6. The molecule has 0 bridgehead atoms. The molecule has 8 aromatic carbocycles. The largest absolute Gasteiger partial charge is 0.456 e. The van der Waals surface area contributed by atoms with Crippen LogP contribution >= 0.6 is 0 Å². The Morgan fingerprint density at radius 1 is 0.426 bits per heavy atom. The van der Waals surface area contributed by atoms with Crippen molar-refractivity contribution >= 4 is 43.5 Å². The van der Waals surface area contributed by atoms with Crippen molar-refractivity contribution in [1.82, 2.24) is 9.97 Å². The molecule has 0 N–H and O–H groups in total. The van der Waals surface area contributed by atoms with Gasteiger partial charge < -0.3 is 4.42 Å². The predicted molar refractivity (Wildman–Crippen MR) is 224 cm³/mol. The summed E-state index contributed by atoms with van der Waals surface area (Å²) in [6, 6.07) is 60.5. The van der Waals surface area contributed by atoms with Crippen LogP contribution in [0.15, 0.2) is 174 Å². The quantitative estimate of drug-likeness (QED) is 0.184. The van der Waals surface area contributed by atoms with E-state index < -0.39 is 0 Å². The average molecular weight is 691 g/mol. The van der Waals surface area contributed by atoms with Gasteiger partial charge in [0.2, 0.25) is 0 Å². The number of para-hydroxylation sites is 1. The van der Waals surface area contributed by atoms with E-state index in [1.54, 1.807) is 0 Å². The number of fused-ring (bicyclic) bond motifs is 8. The summed E-state index contributed by atoms with van der Waals surface area (Å²) in [5.41, 5.74) is 14.3. The Hall–Kier alpha value is -6.84. The highest BCUT2D eigenvalue weighted by atomic mass is 16.3. The Labute approximate surface area is 313 Å². The van der Waals surface area contributed by atoms with Crippen molar-refractivity contribution in [3.05, 3.63) is 181 Å². The van der Waals surface area contributed by atoms with Gasteiger partial charge in [-0.1, -0.05) is 153 Å². The van der Waals surface area contributed by atoms with E-state index in [1.807, 2.05) is 36.4 Å². The van der Waals surface area contributed by atoms with Crippen LogP contribution in [0.2, 0.25) is 0 Å². The normalized spacial score (nSPS) is 13.1. The third-order valence-corrected chi connectivity index (χ3v) is 11.5. The topological polar surface area (TPSA) is 38.9 Å². The fourth-order valence-electron chi connectivity index (χ4n) is 8.97. The second-order valence-electron chi connectivity index (χ2n) is 14.9. The van der Waals surface area contributed by atoms with Crippen LogP contribution in [0.1, 0.15) is 25.0 Å². The van der Waals surface area contributed by atoms with Gasteiger partial charge in [0.1, 0.15) is 11.2 Å². The van der Waals surface area contributed by atoms with Crippen LogP contribution in [0.25, 0.3) is 99.6 Å². The molecule has 2 aromatic heterocycles. The number of benzene rings is 8. The first kappa shape index (κ1) is 30.8. The van der Waals surface area contributed by atoms with E-state index in [2.05, 4.69) is 147 Å². The molecule has 3 heteroatoms. The summed E-state index contributed by atoms with van der Waals surface area (Å²) in [5, 5.41) is 7.05. The highest BCUT2D eigenvalue weighted by Crippen LogP contribution is 2.54. The van der Waals surface area contributed by atoms with E-state index >= 15 is 0 Å². The van der Waals surface area contributed by atoms with E-state index in [-0.39, 0.29) is 5.41 Å². The van der Waals surface area contributed by atoms with Gasteiger partial charge in [0.05, 0.1) is 11.4 Å². The van der Waals surface area contributed by atoms with Crippen LogP contribution in [0.5, 0.6) is 0 Å². The lowest BCUT2D eigenvalue weighted by Gasteiger charge is -2.25. The van der Waals surface area contributed by atoms with Crippen molar-refractivity contribution in [2.45, 2.75) is 19.3 Å². The Morgan fingerprint density at radius 3 is 1.80 bits per heavy atom. The minimum Gasteiger partial charge on any atom is -0.456 e. The van der Waals surface area contributed by atoms with Gasteiger partial charge in [0.15, 0.2) is 5.82 Å². The molecule has 0 saturated carbocycles. The van der Waals surface area contributed by atoms with Crippen LogP contribution < -0.4 is 0 Å². The minimum absolute atomic E-state index is 0.171. The van der Waals surface area contributed by atoms with Crippen molar-refractivity contribution in [2.75, 3.05) is 0 Å². The summed E-state index contributed by atoms with van der Waals surface area (Å²) < 4.78 is 6.30. The lowest BCUT2D eigenvalue weighted by atomic mass is 9.78. The van der Waals surface area contributed by atoms with Crippen LogP contribution in [-0.2, 0) is 5.41 Å². The van der Waals surface area contributed by atoms with Gasteiger partial charge >= 0.3 is 0 Å². The number of hydrogen-bond acceptors (Lipinski definition) is 3. The second kappa shape index (κ2) is 11.6. The fourth-order valence-corrected chi connectivity index (χ4v) is 8.97. The zero-order chi connectivity index (χ0) is 36.0. The molecule has 0 atom stereocenters. The molecule has 0 saturated heterocycles. The molecule has 0 radical (unpaired) electrons. The summed E-state index contributed by atoms with van der Waals surface area (Å²) in [5.74, 6) is 0.689. The maximum Gasteiger partial charge on any atom is 0.160 e. The molecule has 11 rings (SSSR count). The molecule has 0 aliphatic heterocycles. The Morgan fingerprint density at radius 2 is 1.00 bits per heavy atom. The van der Waals surface area contributed by atoms with Crippen LogP contribution in [0, 0.1) is 0 Å². The van der Waals surface area contributed by atoms with E-state index in [0.717, 1.165) is 55.4 Å². The molecule has 0 spiro atoms. The van der Waals surface area contributed by atoms with E-state index in [9.17, 15) is 0 Å². The minimum atomic E-state index is -0.171. The first-order chi connectivity index (χ1) is 26.5. The first-order valence-corrected chi connectivity index (χ1v) is 18.6. The summed E-state index contributed by atoms with van der Waals surface area (Å²) >= 11 is 0. The highest BCUT2D eigenvalue weighted by Gasteiger charge is 2.38. The molecule has 3 nitrogen and oxygen atoms in total. The van der Waals surface area contributed by atoms with Gasteiger partial charge in [-0.25, -0.2) is 9.97 Å². The maximum atomic E-state index is 6.30. The van der Waals surface area contributed by atoms with Crippen molar-refractivity contribution in [2.24, 2.45) is 0 Å². The molecule has 254 valence electrons. The van der Waals surface area contributed by atoms with Gasteiger partial charge in [-0.05, 0) is 85.3 Å². The molecule has 0 amide bonds. The van der Waals surface area contributed by atoms with E-state index in [0.29, 0.717) is 5.82 Å². The molecule has 2 heterocycles. The number of aromatic nitrogens is 2. The third-order valence-electron chi connectivity index (χ3n) is 11.5. The lowest BCUT2D eigenvalue weighted by molar-refractivity contribution is 0.663. The summed E-state index contributed by atoms with van der Waals surface area (Å²) in [6.07, 6.45) is 0. The molecule has 10 aromatic rings. The summed E-state index contributed by atoms with van der Waals surface area (Å²) in [4.78, 5) is 10.5. The van der Waals surface area contributed by atoms with Crippen molar-refractivity contribution in [3.8, 4) is 56.2 Å². The standard InChI is InChI=1S/C51H34N2O/c1-51(2)43-29-33-17-7-6-16-32(33)28-42(43)39-22-12-21-38(49(39)51)36-26-27-37(35-19-9-8-18-34(35)36)44-30-45(53-50(52-44)31-14-4-3-5-15-31)40-23-13-25-47-48(40)41-20-10-11-24-46(41)54-47/h3-30H,1-2H3. The number of nitrogens with zero attached hydrogens (tertiary/aromatic N) is 2. The fraction of sp³-hybridized carbons (Fsp3) is 0.0588. The second-order valence-corrected chi connectivity index (χ2v) is 14.9. The van der Waals surface area contributed by atoms with Crippen LogP contribution in [0.3, 0.4) is 0 Å². The SMILES string of the molecule is CC1(C)c2cc3ccccc3cc2-c2cccc(-c3ccc(-c4cc(-c5cccc6oc7ccccc7c56)nc(-c5ccccc5)n4)c4ccccc34)c21. The number of hydrogen-bond donors (Lipinski definition) is 0. The average Bonchev–Trinajstić information content (AvgIpc) is 3.71. The van der Waals surface area contributed by atoms with Gasteiger partial charge in [-0.2, -0.15) is 0 Å². The number of furan rings is 1. The molecule has 1 aliphatic rings. The van der Waals surface area contributed by atoms with Gasteiger partial charge in [0, 0.05) is 32.9 Å².